The Hall–Kier alpha value is -2.42. The van der Waals surface area contributed by atoms with Crippen LogP contribution < -0.4 is 4.90 Å². The highest BCUT2D eigenvalue weighted by Gasteiger charge is 2.35. The zero-order valence-electron chi connectivity index (χ0n) is 14.8. The Morgan fingerprint density at radius 2 is 1.48 bits per heavy atom. The number of amides is 1. The fourth-order valence-corrected chi connectivity index (χ4v) is 2.83. The molecule has 0 atom stereocenters. The van der Waals surface area contributed by atoms with Gasteiger partial charge in [0.1, 0.15) is 5.84 Å². The Bertz CT molecular complexity index is 775. The number of nitrogens with zero attached hydrogens (tertiary/aromatic N) is 2. The van der Waals surface area contributed by atoms with Crippen LogP contribution in [0.4, 0.5) is 5.69 Å². The number of hydrogen-bond acceptors (Lipinski definition) is 2. The molecule has 23 heavy (non-hydrogen) atoms. The van der Waals surface area contributed by atoms with Crippen LogP contribution in [-0.2, 0) is 0 Å². The molecular formula is C20H24N2O. The van der Waals surface area contributed by atoms with Crippen LogP contribution in [0.25, 0.3) is 0 Å². The molecule has 1 amide bonds. The van der Waals surface area contributed by atoms with Gasteiger partial charge in [-0.15, -0.1) is 0 Å². The number of amidine groups is 1. The summed E-state index contributed by atoms with van der Waals surface area (Å²) in [5, 5.41) is 0. The van der Waals surface area contributed by atoms with Gasteiger partial charge in [-0.05, 0) is 49.6 Å². The molecule has 0 aliphatic carbocycles. The highest BCUT2D eigenvalue weighted by Crippen LogP contribution is 2.32. The molecule has 0 saturated heterocycles. The lowest BCUT2D eigenvalue weighted by Crippen LogP contribution is -2.31. The normalized spacial score (nSPS) is 14.6. The summed E-state index contributed by atoms with van der Waals surface area (Å²) >= 11 is 0. The predicted octanol–water partition coefficient (Wildman–Crippen LogP) is 4.67. The number of hydrogen-bond donors (Lipinski definition) is 0. The SMILES string of the molecule is CC.CN=C1c2ccccc2C(=O)N1c1ccc(C)c(C)c1C. The number of benzene rings is 2. The highest BCUT2D eigenvalue weighted by molar-refractivity contribution is 6.36. The van der Waals surface area contributed by atoms with E-state index in [1.165, 1.54) is 11.1 Å². The van der Waals surface area contributed by atoms with E-state index in [0.29, 0.717) is 0 Å². The van der Waals surface area contributed by atoms with E-state index in [1.54, 1.807) is 11.9 Å². The van der Waals surface area contributed by atoms with Gasteiger partial charge >= 0.3 is 0 Å². The smallest absolute Gasteiger partial charge is 0.264 e. The molecule has 0 aromatic heterocycles. The molecule has 0 N–H and O–H groups in total. The molecule has 0 unspecified atom stereocenters. The van der Waals surface area contributed by atoms with Crippen molar-refractivity contribution < 1.29 is 4.79 Å². The summed E-state index contributed by atoms with van der Waals surface area (Å²) in [6, 6.07) is 11.7. The first-order chi connectivity index (χ1) is 11.1. The third-order valence-electron chi connectivity index (χ3n) is 4.30. The maximum atomic E-state index is 12.8. The van der Waals surface area contributed by atoms with Crippen molar-refractivity contribution in [2.45, 2.75) is 34.6 Å². The second kappa shape index (κ2) is 6.78. The Morgan fingerprint density at radius 3 is 2.09 bits per heavy atom. The number of aliphatic imine (C=N–C) groups is 1. The molecule has 3 nitrogen and oxygen atoms in total. The Balaban J connectivity index is 0.000000924. The minimum Gasteiger partial charge on any atom is -0.271 e. The van der Waals surface area contributed by atoms with Crippen molar-refractivity contribution in [1.82, 2.24) is 0 Å². The maximum Gasteiger partial charge on any atom is 0.264 e. The van der Waals surface area contributed by atoms with Gasteiger partial charge < -0.3 is 0 Å². The molecule has 3 rings (SSSR count). The number of aryl methyl sites for hydroxylation is 1. The third kappa shape index (κ3) is 2.67. The van der Waals surface area contributed by atoms with Crippen molar-refractivity contribution >= 4 is 17.4 Å². The maximum absolute atomic E-state index is 12.8. The van der Waals surface area contributed by atoms with Crippen LogP contribution in [0.1, 0.15) is 46.5 Å². The summed E-state index contributed by atoms with van der Waals surface area (Å²) in [5.74, 6) is 0.722. The zero-order chi connectivity index (χ0) is 17.1. The lowest BCUT2D eigenvalue weighted by molar-refractivity contribution is 0.101. The largest absolute Gasteiger partial charge is 0.271 e. The van der Waals surface area contributed by atoms with Crippen LogP contribution in [0.15, 0.2) is 41.4 Å². The number of fused-ring (bicyclic) bond motifs is 1. The number of anilines is 1. The van der Waals surface area contributed by atoms with Crippen LogP contribution in [0.2, 0.25) is 0 Å². The van der Waals surface area contributed by atoms with E-state index in [-0.39, 0.29) is 5.91 Å². The molecule has 1 aliphatic heterocycles. The van der Waals surface area contributed by atoms with E-state index in [4.69, 9.17) is 0 Å². The van der Waals surface area contributed by atoms with Gasteiger partial charge in [0.05, 0.1) is 11.3 Å². The molecule has 3 heteroatoms. The van der Waals surface area contributed by atoms with Gasteiger partial charge in [0.15, 0.2) is 0 Å². The van der Waals surface area contributed by atoms with Crippen LogP contribution in [-0.4, -0.2) is 18.8 Å². The molecular weight excluding hydrogens is 284 g/mol. The second-order valence-corrected chi connectivity index (χ2v) is 5.38. The minimum atomic E-state index is -0.00227. The molecule has 1 aliphatic rings. The van der Waals surface area contributed by atoms with Crippen LogP contribution in [0.3, 0.4) is 0 Å². The van der Waals surface area contributed by atoms with Crippen LogP contribution >= 0.6 is 0 Å². The Kier molecular flexibility index (Phi) is 4.99. The molecule has 0 fully saturated rings. The predicted molar refractivity (Wildman–Crippen MR) is 97.7 cm³/mol. The summed E-state index contributed by atoms with van der Waals surface area (Å²) in [7, 11) is 1.73. The van der Waals surface area contributed by atoms with E-state index in [2.05, 4.69) is 31.8 Å². The van der Waals surface area contributed by atoms with Gasteiger partial charge in [-0.2, -0.15) is 0 Å². The monoisotopic (exact) mass is 308 g/mol. The average molecular weight is 308 g/mol. The third-order valence-corrected chi connectivity index (χ3v) is 4.30. The highest BCUT2D eigenvalue weighted by atomic mass is 16.2. The number of rotatable bonds is 1. The molecule has 0 bridgehead atoms. The van der Waals surface area contributed by atoms with Gasteiger partial charge in [-0.3, -0.25) is 14.7 Å². The van der Waals surface area contributed by atoms with E-state index >= 15 is 0 Å². The summed E-state index contributed by atoms with van der Waals surface area (Å²) in [4.78, 5) is 18.8. The molecule has 0 radical (unpaired) electrons. The molecule has 2 aromatic carbocycles. The number of carbonyl (C=O) groups is 1. The first-order valence-electron chi connectivity index (χ1n) is 8.03. The van der Waals surface area contributed by atoms with Crippen molar-refractivity contribution in [3.8, 4) is 0 Å². The fourth-order valence-electron chi connectivity index (χ4n) is 2.83. The van der Waals surface area contributed by atoms with E-state index in [0.717, 1.165) is 28.2 Å². The Morgan fingerprint density at radius 1 is 0.870 bits per heavy atom. The quantitative estimate of drug-likeness (QED) is 0.753. The molecule has 120 valence electrons. The van der Waals surface area contributed by atoms with Gasteiger partial charge in [0.2, 0.25) is 0 Å². The van der Waals surface area contributed by atoms with E-state index in [1.807, 2.05) is 44.2 Å². The molecule has 0 saturated carbocycles. The molecule has 1 heterocycles. The average Bonchev–Trinajstić information content (AvgIpc) is 2.87. The van der Waals surface area contributed by atoms with E-state index < -0.39 is 0 Å². The summed E-state index contributed by atoms with van der Waals surface area (Å²) in [5.41, 5.74) is 6.11. The first kappa shape index (κ1) is 16.9. The Labute approximate surface area is 138 Å². The molecule has 2 aromatic rings. The summed E-state index contributed by atoms with van der Waals surface area (Å²) in [6.45, 7) is 10.2. The standard InChI is InChI=1S/C18H18N2O.C2H6/c1-11-9-10-16(13(3)12(11)2)20-17(19-4)14-7-5-6-8-15(14)18(20)21;1-2/h5-10H,1-4H3;1-2H3. The lowest BCUT2D eigenvalue weighted by atomic mass is 10.0. The molecule has 0 spiro atoms. The van der Waals surface area contributed by atoms with Gasteiger partial charge in [-0.25, -0.2) is 0 Å². The van der Waals surface area contributed by atoms with Gasteiger partial charge in [-0.1, -0.05) is 38.1 Å². The topological polar surface area (TPSA) is 32.7 Å². The number of carbonyl (C=O) groups excluding carboxylic acids is 1. The fraction of sp³-hybridized carbons (Fsp3) is 0.300. The van der Waals surface area contributed by atoms with Crippen molar-refractivity contribution in [3.63, 3.8) is 0 Å². The zero-order valence-corrected chi connectivity index (χ0v) is 14.8. The van der Waals surface area contributed by atoms with Crippen LogP contribution in [0, 0.1) is 20.8 Å². The second-order valence-electron chi connectivity index (χ2n) is 5.38. The first-order valence-corrected chi connectivity index (χ1v) is 8.03. The van der Waals surface area contributed by atoms with Crippen LogP contribution in [0.5, 0.6) is 0 Å². The van der Waals surface area contributed by atoms with Crippen molar-refractivity contribution in [3.05, 3.63) is 64.2 Å². The van der Waals surface area contributed by atoms with Gasteiger partial charge in [0, 0.05) is 12.6 Å². The summed E-state index contributed by atoms with van der Waals surface area (Å²) in [6.07, 6.45) is 0. The lowest BCUT2D eigenvalue weighted by Gasteiger charge is -2.21. The van der Waals surface area contributed by atoms with E-state index in [9.17, 15) is 4.79 Å². The van der Waals surface area contributed by atoms with Crippen molar-refractivity contribution in [2.75, 3.05) is 11.9 Å². The van der Waals surface area contributed by atoms with Crippen molar-refractivity contribution in [2.24, 2.45) is 4.99 Å². The summed E-state index contributed by atoms with van der Waals surface area (Å²) < 4.78 is 0. The van der Waals surface area contributed by atoms with Crippen molar-refractivity contribution in [1.29, 1.82) is 0 Å². The van der Waals surface area contributed by atoms with Gasteiger partial charge in [0.25, 0.3) is 5.91 Å². The minimum absolute atomic E-state index is 0.00227.